The van der Waals surface area contributed by atoms with Crippen LogP contribution in [0.2, 0.25) is 0 Å². The Kier molecular flexibility index (Phi) is 4.39. The molecule has 1 unspecified atom stereocenters. The second kappa shape index (κ2) is 5.13. The van der Waals surface area contributed by atoms with Gasteiger partial charge in [-0.05, 0) is 38.0 Å². The first-order chi connectivity index (χ1) is 6.60. The number of rotatable bonds is 5. The highest BCUT2D eigenvalue weighted by Gasteiger charge is 2.40. The highest BCUT2D eigenvalue weighted by atomic mass is 15.0. The van der Waals surface area contributed by atoms with E-state index in [9.17, 15) is 0 Å². The van der Waals surface area contributed by atoms with Crippen LogP contribution < -0.4 is 11.1 Å². The van der Waals surface area contributed by atoms with E-state index >= 15 is 0 Å². The van der Waals surface area contributed by atoms with Crippen molar-refractivity contribution in [3.8, 4) is 0 Å². The summed E-state index contributed by atoms with van der Waals surface area (Å²) < 4.78 is 0. The van der Waals surface area contributed by atoms with Gasteiger partial charge in [-0.1, -0.05) is 20.8 Å². The van der Waals surface area contributed by atoms with E-state index in [0.717, 1.165) is 5.92 Å². The van der Waals surface area contributed by atoms with Gasteiger partial charge in [-0.25, -0.2) is 0 Å². The molecule has 0 aromatic rings. The quantitative estimate of drug-likeness (QED) is 0.710. The van der Waals surface area contributed by atoms with E-state index in [0.29, 0.717) is 24.0 Å². The smallest absolute Gasteiger partial charge is 0.0138 e. The third-order valence-electron chi connectivity index (χ3n) is 3.81. The molecule has 1 aliphatic rings. The first-order valence-corrected chi connectivity index (χ1v) is 6.11. The molecular formula is C12H26N2. The second-order valence-electron chi connectivity index (χ2n) is 4.94. The van der Waals surface area contributed by atoms with Crippen molar-refractivity contribution < 1.29 is 0 Å². The van der Waals surface area contributed by atoms with Crippen molar-refractivity contribution in [1.29, 1.82) is 0 Å². The molecule has 1 saturated carbocycles. The van der Waals surface area contributed by atoms with Gasteiger partial charge in [-0.3, -0.25) is 0 Å². The highest BCUT2D eigenvalue weighted by molar-refractivity contribution is 4.97. The van der Waals surface area contributed by atoms with E-state index in [2.05, 4.69) is 33.0 Å². The lowest BCUT2D eigenvalue weighted by molar-refractivity contribution is 0.0920. The number of hydrogen-bond acceptors (Lipinski definition) is 2. The molecule has 0 aromatic heterocycles. The van der Waals surface area contributed by atoms with Crippen LogP contribution in [0.3, 0.4) is 0 Å². The summed E-state index contributed by atoms with van der Waals surface area (Å²) in [5, 5.41) is 3.75. The van der Waals surface area contributed by atoms with Crippen LogP contribution in [-0.2, 0) is 0 Å². The Balaban J connectivity index is 2.41. The van der Waals surface area contributed by atoms with Crippen molar-refractivity contribution in [3.05, 3.63) is 0 Å². The Hall–Kier alpha value is -0.0800. The molecule has 2 heteroatoms. The molecule has 0 aromatic carbocycles. The van der Waals surface area contributed by atoms with Crippen molar-refractivity contribution in [2.75, 3.05) is 0 Å². The molecule has 0 aliphatic heterocycles. The minimum absolute atomic E-state index is 0.345. The van der Waals surface area contributed by atoms with Crippen molar-refractivity contribution >= 4 is 0 Å². The van der Waals surface area contributed by atoms with Crippen LogP contribution in [0.1, 0.15) is 47.0 Å². The molecule has 0 saturated heterocycles. The van der Waals surface area contributed by atoms with Crippen LogP contribution >= 0.6 is 0 Å². The predicted molar refractivity (Wildman–Crippen MR) is 62.2 cm³/mol. The first kappa shape index (κ1) is 12.0. The topological polar surface area (TPSA) is 38.0 Å². The van der Waals surface area contributed by atoms with Crippen molar-refractivity contribution in [2.45, 2.75) is 65.1 Å². The minimum atomic E-state index is 0.345. The lowest BCUT2D eigenvalue weighted by Gasteiger charge is -2.47. The number of hydrogen-bond donors (Lipinski definition) is 2. The monoisotopic (exact) mass is 198 g/mol. The third-order valence-corrected chi connectivity index (χ3v) is 3.81. The van der Waals surface area contributed by atoms with E-state index in [1.807, 2.05) is 0 Å². The van der Waals surface area contributed by atoms with E-state index in [-0.39, 0.29) is 0 Å². The summed E-state index contributed by atoms with van der Waals surface area (Å²) in [4.78, 5) is 0. The van der Waals surface area contributed by atoms with Crippen LogP contribution in [0.4, 0.5) is 0 Å². The average molecular weight is 198 g/mol. The second-order valence-corrected chi connectivity index (χ2v) is 4.94. The maximum Gasteiger partial charge on any atom is 0.0138 e. The Morgan fingerprint density at radius 1 is 1.36 bits per heavy atom. The van der Waals surface area contributed by atoms with Crippen LogP contribution in [-0.4, -0.2) is 18.1 Å². The molecule has 3 N–H and O–H groups in total. The first-order valence-electron chi connectivity index (χ1n) is 6.11. The Morgan fingerprint density at radius 3 is 2.29 bits per heavy atom. The summed E-state index contributed by atoms with van der Waals surface area (Å²) in [7, 11) is 0. The molecule has 0 heterocycles. The molecular weight excluding hydrogens is 172 g/mol. The van der Waals surface area contributed by atoms with E-state index < -0.39 is 0 Å². The minimum Gasteiger partial charge on any atom is -0.328 e. The molecule has 0 spiro atoms. The molecule has 4 atom stereocenters. The van der Waals surface area contributed by atoms with Gasteiger partial charge in [0.15, 0.2) is 0 Å². The number of nitrogens with one attached hydrogen (secondary N) is 1. The van der Waals surface area contributed by atoms with Crippen LogP contribution in [0.5, 0.6) is 0 Å². The molecule has 14 heavy (non-hydrogen) atoms. The number of nitrogens with two attached hydrogens (primary N) is 1. The lowest BCUT2D eigenvalue weighted by atomic mass is 9.67. The zero-order chi connectivity index (χ0) is 10.7. The Labute approximate surface area is 88.6 Å². The molecule has 84 valence electrons. The van der Waals surface area contributed by atoms with E-state index in [1.165, 1.54) is 19.3 Å². The van der Waals surface area contributed by atoms with Crippen molar-refractivity contribution in [2.24, 2.45) is 17.6 Å². The molecule has 1 fully saturated rings. The fourth-order valence-electron chi connectivity index (χ4n) is 2.57. The van der Waals surface area contributed by atoms with Gasteiger partial charge in [0, 0.05) is 18.1 Å². The summed E-state index contributed by atoms with van der Waals surface area (Å²) in [6.07, 6.45) is 3.76. The van der Waals surface area contributed by atoms with E-state index in [4.69, 9.17) is 5.73 Å². The van der Waals surface area contributed by atoms with Crippen molar-refractivity contribution in [1.82, 2.24) is 5.32 Å². The van der Waals surface area contributed by atoms with E-state index in [1.54, 1.807) is 0 Å². The van der Waals surface area contributed by atoms with Gasteiger partial charge >= 0.3 is 0 Å². The SMILES string of the molecule is CCC(CC)N[C@@H]1C([C@H](C)N)C[C@@H]1C. The highest BCUT2D eigenvalue weighted by Crippen LogP contribution is 2.36. The average Bonchev–Trinajstić information content (AvgIpc) is 2.15. The summed E-state index contributed by atoms with van der Waals surface area (Å²) in [5.41, 5.74) is 5.97. The van der Waals surface area contributed by atoms with Gasteiger partial charge in [0.2, 0.25) is 0 Å². The Morgan fingerprint density at radius 2 is 1.93 bits per heavy atom. The third kappa shape index (κ3) is 2.48. The standard InChI is InChI=1S/C12H26N2/c1-5-10(6-2)14-12-8(3)7-11(12)9(4)13/h8-12,14H,5-7,13H2,1-4H3/t8-,9-,11?,12-/m0/s1. The van der Waals surface area contributed by atoms with Gasteiger partial charge in [0.05, 0.1) is 0 Å². The lowest BCUT2D eigenvalue weighted by Crippen LogP contribution is -2.58. The molecule has 0 bridgehead atoms. The predicted octanol–water partition coefficient (Wildman–Crippen LogP) is 2.14. The molecule has 2 nitrogen and oxygen atoms in total. The maximum absolute atomic E-state index is 5.97. The summed E-state index contributed by atoms with van der Waals surface area (Å²) in [6, 6.07) is 1.70. The fourth-order valence-corrected chi connectivity index (χ4v) is 2.57. The van der Waals surface area contributed by atoms with Gasteiger partial charge in [-0.2, -0.15) is 0 Å². The van der Waals surface area contributed by atoms with Gasteiger partial charge in [0.25, 0.3) is 0 Å². The zero-order valence-electron chi connectivity index (χ0n) is 10.1. The normalized spacial score (nSPS) is 34.3. The van der Waals surface area contributed by atoms with Crippen molar-refractivity contribution in [3.63, 3.8) is 0 Å². The van der Waals surface area contributed by atoms with Gasteiger partial charge in [-0.15, -0.1) is 0 Å². The zero-order valence-corrected chi connectivity index (χ0v) is 10.1. The summed E-state index contributed by atoms with van der Waals surface area (Å²) in [6.45, 7) is 8.98. The molecule has 1 aliphatic carbocycles. The summed E-state index contributed by atoms with van der Waals surface area (Å²) in [5.74, 6) is 1.51. The summed E-state index contributed by atoms with van der Waals surface area (Å²) >= 11 is 0. The van der Waals surface area contributed by atoms with Gasteiger partial charge < -0.3 is 11.1 Å². The van der Waals surface area contributed by atoms with Crippen LogP contribution in [0.15, 0.2) is 0 Å². The van der Waals surface area contributed by atoms with Gasteiger partial charge in [0.1, 0.15) is 0 Å². The molecule has 1 rings (SSSR count). The fraction of sp³-hybridized carbons (Fsp3) is 1.00. The molecule has 0 amide bonds. The Bertz CT molecular complexity index is 164. The maximum atomic E-state index is 5.97. The molecule has 0 radical (unpaired) electrons. The van der Waals surface area contributed by atoms with Crippen LogP contribution in [0.25, 0.3) is 0 Å². The largest absolute Gasteiger partial charge is 0.328 e. The van der Waals surface area contributed by atoms with Crippen LogP contribution in [0, 0.1) is 11.8 Å².